The molecule has 3 aromatic rings. The Balaban J connectivity index is 1.42. The zero-order valence-electron chi connectivity index (χ0n) is 14.6. The molecule has 0 radical (unpaired) electrons. The van der Waals surface area contributed by atoms with E-state index in [9.17, 15) is 4.79 Å². The average Bonchev–Trinajstić information content (AvgIpc) is 3.19. The van der Waals surface area contributed by atoms with Gasteiger partial charge in [0.15, 0.2) is 0 Å². The number of nitrogens with one attached hydrogen (secondary N) is 1. The molecule has 2 aromatic carbocycles. The number of imidazole rings is 1. The molecule has 0 atom stereocenters. The minimum atomic E-state index is -0.113. The lowest BCUT2D eigenvalue weighted by molar-refractivity contribution is 0.0947. The minimum Gasteiger partial charge on any atom is -0.497 e. The average molecular weight is 351 g/mol. The molecule has 0 spiro atoms. The molecule has 6 nitrogen and oxygen atoms in total. The van der Waals surface area contributed by atoms with Crippen LogP contribution in [0.25, 0.3) is 0 Å². The van der Waals surface area contributed by atoms with Crippen molar-refractivity contribution in [3.63, 3.8) is 0 Å². The number of amides is 1. The van der Waals surface area contributed by atoms with Gasteiger partial charge in [-0.3, -0.25) is 4.79 Å². The van der Waals surface area contributed by atoms with Crippen molar-refractivity contribution in [1.29, 1.82) is 0 Å². The quantitative estimate of drug-likeness (QED) is 0.634. The third-order valence-electron chi connectivity index (χ3n) is 3.86. The molecular weight excluding hydrogens is 330 g/mol. The van der Waals surface area contributed by atoms with Gasteiger partial charge in [0.05, 0.1) is 20.0 Å². The fourth-order valence-electron chi connectivity index (χ4n) is 2.46. The molecule has 0 bridgehead atoms. The number of carbonyl (C=O) groups excluding carboxylic acids is 1. The molecule has 3 rings (SSSR count). The standard InChI is InChI=1S/C20H21N3O3/c1-25-18-6-8-19(9-7-18)26-13-11-22-20(24)17-4-2-16(3-5-17)14-23-12-10-21-15-23/h2-10,12,15H,11,13-14H2,1H3,(H,22,24). The molecule has 0 saturated carbocycles. The van der Waals surface area contributed by atoms with Crippen LogP contribution in [0.2, 0.25) is 0 Å². The molecule has 0 saturated heterocycles. The predicted molar refractivity (Wildman–Crippen MR) is 98.6 cm³/mol. The largest absolute Gasteiger partial charge is 0.497 e. The van der Waals surface area contributed by atoms with Crippen LogP contribution in [-0.2, 0) is 6.54 Å². The smallest absolute Gasteiger partial charge is 0.251 e. The van der Waals surface area contributed by atoms with Gasteiger partial charge in [0.25, 0.3) is 5.91 Å². The molecule has 0 unspecified atom stereocenters. The van der Waals surface area contributed by atoms with E-state index in [1.165, 1.54) is 0 Å². The number of hydrogen-bond donors (Lipinski definition) is 1. The second-order valence-corrected chi connectivity index (χ2v) is 5.71. The Kier molecular flexibility index (Phi) is 5.88. The van der Waals surface area contributed by atoms with Crippen LogP contribution in [0.15, 0.2) is 67.3 Å². The Hall–Kier alpha value is -3.28. The Morgan fingerprint density at radius 2 is 1.81 bits per heavy atom. The van der Waals surface area contributed by atoms with Crippen molar-refractivity contribution in [1.82, 2.24) is 14.9 Å². The van der Waals surface area contributed by atoms with Crippen molar-refractivity contribution in [2.24, 2.45) is 0 Å². The summed E-state index contributed by atoms with van der Waals surface area (Å²) in [7, 11) is 1.62. The van der Waals surface area contributed by atoms with Gasteiger partial charge in [0.1, 0.15) is 18.1 Å². The van der Waals surface area contributed by atoms with Crippen molar-refractivity contribution in [2.45, 2.75) is 6.54 Å². The molecule has 0 aliphatic carbocycles. The van der Waals surface area contributed by atoms with Gasteiger partial charge >= 0.3 is 0 Å². The molecule has 0 aliphatic rings. The van der Waals surface area contributed by atoms with Crippen molar-refractivity contribution in [2.75, 3.05) is 20.3 Å². The topological polar surface area (TPSA) is 65.4 Å². The molecule has 0 fully saturated rings. The lowest BCUT2D eigenvalue weighted by Gasteiger charge is -2.09. The monoisotopic (exact) mass is 351 g/mol. The summed E-state index contributed by atoms with van der Waals surface area (Å²) in [5.74, 6) is 1.41. The van der Waals surface area contributed by atoms with E-state index >= 15 is 0 Å². The summed E-state index contributed by atoms with van der Waals surface area (Å²) in [4.78, 5) is 16.2. The van der Waals surface area contributed by atoms with Crippen LogP contribution >= 0.6 is 0 Å². The van der Waals surface area contributed by atoms with Crippen LogP contribution in [0.3, 0.4) is 0 Å². The van der Waals surface area contributed by atoms with Gasteiger partial charge in [-0.05, 0) is 42.0 Å². The first-order chi connectivity index (χ1) is 12.7. The molecule has 1 N–H and O–H groups in total. The van der Waals surface area contributed by atoms with Crippen LogP contribution in [0.4, 0.5) is 0 Å². The number of carbonyl (C=O) groups is 1. The van der Waals surface area contributed by atoms with Crippen molar-refractivity contribution < 1.29 is 14.3 Å². The zero-order valence-corrected chi connectivity index (χ0v) is 14.6. The van der Waals surface area contributed by atoms with Crippen LogP contribution < -0.4 is 14.8 Å². The molecule has 6 heteroatoms. The van der Waals surface area contributed by atoms with Gasteiger partial charge in [-0.1, -0.05) is 12.1 Å². The fourth-order valence-corrected chi connectivity index (χ4v) is 2.46. The highest BCUT2D eigenvalue weighted by Crippen LogP contribution is 2.16. The lowest BCUT2D eigenvalue weighted by atomic mass is 10.1. The molecular formula is C20H21N3O3. The minimum absolute atomic E-state index is 0.113. The number of benzene rings is 2. The highest BCUT2D eigenvalue weighted by Gasteiger charge is 2.05. The van der Waals surface area contributed by atoms with Crippen molar-refractivity contribution in [3.8, 4) is 11.5 Å². The van der Waals surface area contributed by atoms with E-state index in [1.54, 1.807) is 19.6 Å². The first-order valence-electron chi connectivity index (χ1n) is 8.34. The third-order valence-corrected chi connectivity index (χ3v) is 3.86. The maximum absolute atomic E-state index is 12.2. The van der Waals surface area contributed by atoms with E-state index in [0.717, 1.165) is 23.6 Å². The predicted octanol–water partition coefficient (Wildman–Crippen LogP) is 2.75. The first-order valence-corrected chi connectivity index (χ1v) is 8.34. The highest BCUT2D eigenvalue weighted by molar-refractivity contribution is 5.94. The molecule has 1 amide bonds. The van der Waals surface area contributed by atoms with Gasteiger partial charge < -0.3 is 19.4 Å². The number of methoxy groups -OCH3 is 1. The van der Waals surface area contributed by atoms with Crippen molar-refractivity contribution >= 4 is 5.91 Å². The lowest BCUT2D eigenvalue weighted by Crippen LogP contribution is -2.28. The highest BCUT2D eigenvalue weighted by atomic mass is 16.5. The fraction of sp³-hybridized carbons (Fsp3) is 0.200. The summed E-state index contributed by atoms with van der Waals surface area (Å²) < 4.78 is 12.7. The van der Waals surface area contributed by atoms with Gasteiger partial charge in [-0.2, -0.15) is 0 Å². The van der Waals surface area contributed by atoms with Crippen LogP contribution in [0, 0.1) is 0 Å². The Morgan fingerprint density at radius 3 is 2.46 bits per heavy atom. The number of nitrogens with zero attached hydrogens (tertiary/aromatic N) is 2. The molecule has 0 aliphatic heterocycles. The summed E-state index contributed by atoms with van der Waals surface area (Å²) in [6.07, 6.45) is 5.42. The molecule has 1 heterocycles. The Labute approximate surface area is 152 Å². The van der Waals surface area contributed by atoms with Gasteiger partial charge in [0, 0.05) is 24.5 Å². The Morgan fingerprint density at radius 1 is 1.08 bits per heavy atom. The van der Waals surface area contributed by atoms with Gasteiger partial charge in [-0.25, -0.2) is 4.98 Å². The molecule has 134 valence electrons. The van der Waals surface area contributed by atoms with Crippen LogP contribution in [0.5, 0.6) is 11.5 Å². The second kappa shape index (κ2) is 8.71. The van der Waals surface area contributed by atoms with Crippen molar-refractivity contribution in [3.05, 3.63) is 78.4 Å². The van der Waals surface area contributed by atoms with E-state index in [-0.39, 0.29) is 5.91 Å². The number of hydrogen-bond acceptors (Lipinski definition) is 4. The second-order valence-electron chi connectivity index (χ2n) is 5.71. The van der Waals surface area contributed by atoms with Crippen LogP contribution in [0.1, 0.15) is 15.9 Å². The van der Waals surface area contributed by atoms with Gasteiger partial charge in [0.2, 0.25) is 0 Å². The first kappa shape index (κ1) is 17.5. The zero-order chi connectivity index (χ0) is 18.2. The van der Waals surface area contributed by atoms with Gasteiger partial charge in [-0.15, -0.1) is 0 Å². The van der Waals surface area contributed by atoms with Crippen LogP contribution in [-0.4, -0.2) is 35.7 Å². The van der Waals surface area contributed by atoms with E-state index in [0.29, 0.717) is 18.7 Å². The van der Waals surface area contributed by atoms with E-state index in [1.807, 2.05) is 59.3 Å². The summed E-state index contributed by atoms with van der Waals surface area (Å²) >= 11 is 0. The van der Waals surface area contributed by atoms with E-state index < -0.39 is 0 Å². The van der Waals surface area contributed by atoms with E-state index in [2.05, 4.69) is 10.3 Å². The number of aromatic nitrogens is 2. The number of ether oxygens (including phenoxy) is 2. The molecule has 1 aromatic heterocycles. The summed E-state index contributed by atoms with van der Waals surface area (Å²) in [6.45, 7) is 1.57. The maximum Gasteiger partial charge on any atom is 0.251 e. The SMILES string of the molecule is COc1ccc(OCCNC(=O)c2ccc(Cn3ccnc3)cc2)cc1. The summed E-state index contributed by atoms with van der Waals surface area (Å²) in [6, 6.07) is 14.9. The normalized spacial score (nSPS) is 10.3. The Bertz CT molecular complexity index is 813. The third kappa shape index (κ3) is 4.86. The number of rotatable bonds is 8. The molecule has 26 heavy (non-hydrogen) atoms. The summed E-state index contributed by atoms with van der Waals surface area (Å²) in [5.41, 5.74) is 1.74. The summed E-state index contributed by atoms with van der Waals surface area (Å²) in [5, 5.41) is 2.85. The maximum atomic E-state index is 12.2. The van der Waals surface area contributed by atoms with E-state index in [4.69, 9.17) is 9.47 Å².